The third kappa shape index (κ3) is 4.30. The molecule has 0 amide bonds. The van der Waals surface area contributed by atoms with Crippen molar-refractivity contribution in [3.63, 3.8) is 0 Å². The molecule has 0 atom stereocenters. The van der Waals surface area contributed by atoms with Crippen molar-refractivity contribution in [2.75, 3.05) is 0 Å². The SMILES string of the molecule is CC1(C)c2ccccc2-c2ccc(-c3ccc4c(c3)c3cc(-c5nc(-c6ccccc6)c6ccccc6n5)ccc3n4-c3ccccc3)cc21. The maximum Gasteiger partial charge on any atom is 0.160 e. The van der Waals surface area contributed by atoms with Crippen molar-refractivity contribution in [3.8, 4) is 50.6 Å². The maximum absolute atomic E-state index is 5.20. The summed E-state index contributed by atoms with van der Waals surface area (Å²) in [6.45, 7) is 4.69. The zero-order chi connectivity index (χ0) is 33.4. The van der Waals surface area contributed by atoms with Gasteiger partial charge in [0.05, 0.1) is 22.2 Å². The molecule has 0 saturated carbocycles. The third-order valence-corrected chi connectivity index (χ3v) is 10.6. The average Bonchev–Trinajstić information content (AvgIpc) is 3.62. The molecule has 7 aromatic carbocycles. The second-order valence-corrected chi connectivity index (χ2v) is 13.8. The molecule has 0 radical (unpaired) electrons. The van der Waals surface area contributed by atoms with Crippen molar-refractivity contribution in [1.82, 2.24) is 14.5 Å². The van der Waals surface area contributed by atoms with Crippen molar-refractivity contribution in [1.29, 1.82) is 0 Å². The summed E-state index contributed by atoms with van der Waals surface area (Å²) in [6, 6.07) is 58.8. The number of benzene rings is 7. The molecule has 0 spiro atoms. The van der Waals surface area contributed by atoms with Crippen LogP contribution in [0.25, 0.3) is 83.3 Å². The van der Waals surface area contributed by atoms with Crippen LogP contribution >= 0.6 is 0 Å². The van der Waals surface area contributed by atoms with Crippen LogP contribution in [0.1, 0.15) is 25.0 Å². The molecule has 10 rings (SSSR count). The first-order chi connectivity index (χ1) is 24.5. The molecule has 236 valence electrons. The van der Waals surface area contributed by atoms with Crippen LogP contribution in [0.2, 0.25) is 0 Å². The molecule has 0 aliphatic heterocycles. The first-order valence-electron chi connectivity index (χ1n) is 17.3. The fourth-order valence-electron chi connectivity index (χ4n) is 8.10. The summed E-state index contributed by atoms with van der Waals surface area (Å²) in [4.78, 5) is 10.3. The lowest BCUT2D eigenvalue weighted by Gasteiger charge is -2.22. The molecule has 2 heterocycles. The van der Waals surface area contributed by atoms with Gasteiger partial charge < -0.3 is 4.57 Å². The Morgan fingerprint density at radius 1 is 0.440 bits per heavy atom. The van der Waals surface area contributed by atoms with Gasteiger partial charge in [-0.05, 0) is 88.0 Å². The topological polar surface area (TPSA) is 30.7 Å². The second-order valence-electron chi connectivity index (χ2n) is 13.8. The summed E-state index contributed by atoms with van der Waals surface area (Å²) >= 11 is 0. The number of rotatable bonds is 4. The first kappa shape index (κ1) is 28.7. The van der Waals surface area contributed by atoms with E-state index in [4.69, 9.17) is 9.97 Å². The minimum Gasteiger partial charge on any atom is -0.309 e. The monoisotopic (exact) mass is 639 g/mol. The molecule has 3 nitrogen and oxygen atoms in total. The molecule has 9 aromatic rings. The third-order valence-electron chi connectivity index (χ3n) is 10.6. The number of aromatic nitrogens is 3. The largest absolute Gasteiger partial charge is 0.309 e. The summed E-state index contributed by atoms with van der Waals surface area (Å²) in [5.74, 6) is 0.724. The van der Waals surface area contributed by atoms with E-state index in [1.54, 1.807) is 0 Å². The highest BCUT2D eigenvalue weighted by atomic mass is 15.0. The standard InChI is InChI=1S/C47H33N3/c1-47(2)40-19-11-9-17-35(40)36-24-21-32(29-41(36)47)31-22-25-43-38(27-31)39-28-33(23-26-44(39)50(43)34-15-7-4-8-16-34)46-48-42-20-12-10-18-37(42)45(49-46)30-13-5-3-6-14-30/h3-29H,1-2H3. The number of nitrogens with zero attached hydrogens (tertiary/aromatic N) is 3. The Bertz CT molecular complexity index is 2770. The summed E-state index contributed by atoms with van der Waals surface area (Å²) in [6.07, 6.45) is 0. The van der Waals surface area contributed by atoms with Crippen LogP contribution in [0.15, 0.2) is 164 Å². The fraction of sp³-hybridized carbons (Fsp3) is 0.0638. The Labute approximate surface area is 291 Å². The highest BCUT2D eigenvalue weighted by molar-refractivity contribution is 6.11. The van der Waals surface area contributed by atoms with Gasteiger partial charge in [0.1, 0.15) is 0 Å². The van der Waals surface area contributed by atoms with E-state index in [2.05, 4.69) is 170 Å². The summed E-state index contributed by atoms with van der Waals surface area (Å²) in [5.41, 5.74) is 15.3. The Morgan fingerprint density at radius 3 is 1.84 bits per heavy atom. The lowest BCUT2D eigenvalue weighted by Crippen LogP contribution is -2.14. The lowest BCUT2D eigenvalue weighted by molar-refractivity contribution is 0.660. The Morgan fingerprint density at radius 2 is 1.04 bits per heavy atom. The van der Waals surface area contributed by atoms with Crippen molar-refractivity contribution in [2.45, 2.75) is 19.3 Å². The van der Waals surface area contributed by atoms with E-state index in [0.29, 0.717) is 0 Å². The van der Waals surface area contributed by atoms with Gasteiger partial charge in [0.15, 0.2) is 5.82 Å². The summed E-state index contributed by atoms with van der Waals surface area (Å²) in [5, 5.41) is 3.43. The summed E-state index contributed by atoms with van der Waals surface area (Å²) in [7, 11) is 0. The highest BCUT2D eigenvalue weighted by Crippen LogP contribution is 2.49. The molecule has 2 aromatic heterocycles. The van der Waals surface area contributed by atoms with Gasteiger partial charge in [-0.1, -0.05) is 123 Å². The zero-order valence-electron chi connectivity index (χ0n) is 27.9. The van der Waals surface area contributed by atoms with E-state index in [-0.39, 0.29) is 5.41 Å². The number of hydrogen-bond donors (Lipinski definition) is 0. The number of para-hydroxylation sites is 2. The Hall–Kier alpha value is -6.32. The molecule has 3 heteroatoms. The van der Waals surface area contributed by atoms with Gasteiger partial charge in [-0.15, -0.1) is 0 Å². The Balaban J connectivity index is 1.18. The van der Waals surface area contributed by atoms with Crippen LogP contribution in [0.3, 0.4) is 0 Å². The van der Waals surface area contributed by atoms with E-state index < -0.39 is 0 Å². The van der Waals surface area contributed by atoms with Crippen molar-refractivity contribution < 1.29 is 0 Å². The van der Waals surface area contributed by atoms with Crippen LogP contribution in [0.5, 0.6) is 0 Å². The lowest BCUT2D eigenvalue weighted by atomic mass is 9.81. The van der Waals surface area contributed by atoms with Gasteiger partial charge in [-0.25, -0.2) is 9.97 Å². The second kappa shape index (κ2) is 10.8. The number of hydrogen-bond acceptors (Lipinski definition) is 2. The molecule has 1 aliphatic rings. The van der Waals surface area contributed by atoms with Crippen LogP contribution in [0.4, 0.5) is 0 Å². The predicted octanol–water partition coefficient (Wildman–Crippen LogP) is 12.0. The van der Waals surface area contributed by atoms with Crippen molar-refractivity contribution >= 4 is 32.7 Å². The highest BCUT2D eigenvalue weighted by Gasteiger charge is 2.35. The first-order valence-corrected chi connectivity index (χ1v) is 17.3. The molecule has 0 unspecified atom stereocenters. The average molecular weight is 640 g/mol. The minimum atomic E-state index is -0.0528. The fourth-order valence-corrected chi connectivity index (χ4v) is 8.10. The molecule has 0 N–H and O–H groups in total. The van der Waals surface area contributed by atoms with E-state index in [9.17, 15) is 0 Å². The van der Waals surface area contributed by atoms with Crippen molar-refractivity contribution in [3.05, 3.63) is 175 Å². The van der Waals surface area contributed by atoms with Gasteiger partial charge in [0.2, 0.25) is 0 Å². The molecule has 0 bridgehead atoms. The van der Waals surface area contributed by atoms with Gasteiger partial charge in [0, 0.05) is 38.4 Å². The van der Waals surface area contributed by atoms with E-state index in [1.165, 1.54) is 49.7 Å². The van der Waals surface area contributed by atoms with Gasteiger partial charge in [-0.2, -0.15) is 0 Å². The van der Waals surface area contributed by atoms with Crippen LogP contribution in [-0.2, 0) is 5.41 Å². The molecular formula is C47H33N3. The van der Waals surface area contributed by atoms with Crippen LogP contribution < -0.4 is 0 Å². The smallest absolute Gasteiger partial charge is 0.160 e. The molecule has 0 saturated heterocycles. The molecule has 1 aliphatic carbocycles. The zero-order valence-corrected chi connectivity index (χ0v) is 27.9. The van der Waals surface area contributed by atoms with E-state index >= 15 is 0 Å². The summed E-state index contributed by atoms with van der Waals surface area (Å²) < 4.78 is 2.37. The van der Waals surface area contributed by atoms with Gasteiger partial charge in [0.25, 0.3) is 0 Å². The van der Waals surface area contributed by atoms with Crippen LogP contribution in [-0.4, -0.2) is 14.5 Å². The molecule has 0 fully saturated rings. The predicted molar refractivity (Wildman–Crippen MR) is 208 cm³/mol. The van der Waals surface area contributed by atoms with Crippen LogP contribution in [0, 0.1) is 0 Å². The molecule has 50 heavy (non-hydrogen) atoms. The van der Waals surface area contributed by atoms with Gasteiger partial charge >= 0.3 is 0 Å². The van der Waals surface area contributed by atoms with Gasteiger partial charge in [-0.3, -0.25) is 0 Å². The van der Waals surface area contributed by atoms with E-state index in [0.717, 1.165) is 44.8 Å². The normalized spacial score (nSPS) is 13.2. The number of fused-ring (bicyclic) bond motifs is 7. The quantitative estimate of drug-likeness (QED) is 0.192. The minimum absolute atomic E-state index is 0.0528. The maximum atomic E-state index is 5.20. The van der Waals surface area contributed by atoms with E-state index in [1.807, 2.05) is 12.1 Å². The van der Waals surface area contributed by atoms with Crippen molar-refractivity contribution in [2.24, 2.45) is 0 Å². The molecular weight excluding hydrogens is 607 g/mol. The Kier molecular flexibility index (Phi) is 6.22.